The van der Waals surface area contributed by atoms with E-state index in [0.29, 0.717) is 29.6 Å². The van der Waals surface area contributed by atoms with Crippen LogP contribution in [0.5, 0.6) is 5.75 Å². The maximum Gasteiger partial charge on any atom is 0.344 e. The van der Waals surface area contributed by atoms with Gasteiger partial charge in [-0.25, -0.2) is 4.79 Å². The predicted molar refractivity (Wildman–Crippen MR) is 106 cm³/mol. The van der Waals surface area contributed by atoms with Gasteiger partial charge in [-0.15, -0.1) is 0 Å². The maximum atomic E-state index is 12.3. The van der Waals surface area contributed by atoms with Gasteiger partial charge in [0.2, 0.25) is 0 Å². The highest BCUT2D eigenvalue weighted by Gasteiger charge is 2.30. The summed E-state index contributed by atoms with van der Waals surface area (Å²) in [4.78, 5) is 35.9. The van der Waals surface area contributed by atoms with E-state index in [1.165, 1.54) is 6.42 Å². The zero-order valence-corrected chi connectivity index (χ0v) is 17.2. The first kappa shape index (κ1) is 21.9. The molecule has 1 aromatic rings. The van der Waals surface area contributed by atoms with Crippen molar-refractivity contribution < 1.29 is 23.9 Å². The highest BCUT2D eigenvalue weighted by molar-refractivity contribution is 5.95. The van der Waals surface area contributed by atoms with Crippen LogP contribution in [0.4, 0.5) is 0 Å². The second kappa shape index (κ2) is 10.2. The molecule has 0 heterocycles. The van der Waals surface area contributed by atoms with Gasteiger partial charge in [-0.3, -0.25) is 9.59 Å². The number of ether oxygens (including phenoxy) is 2. The quantitative estimate of drug-likeness (QED) is 0.543. The lowest BCUT2D eigenvalue weighted by atomic mass is 9.78. The van der Waals surface area contributed by atoms with Crippen LogP contribution in [0.15, 0.2) is 24.3 Å². The van der Waals surface area contributed by atoms with Gasteiger partial charge in [0, 0.05) is 18.0 Å². The number of carbonyl (C=O) groups excluding carboxylic acids is 3. The number of Topliss-reactive ketones (excluding diaryl/α,β-unsaturated/α-hetero) is 1. The molecule has 1 aliphatic carbocycles. The van der Waals surface area contributed by atoms with Crippen LogP contribution >= 0.6 is 0 Å². The van der Waals surface area contributed by atoms with Gasteiger partial charge in [-0.2, -0.15) is 0 Å². The molecule has 2 rings (SSSR count). The molecule has 1 N–H and O–H groups in total. The van der Waals surface area contributed by atoms with Crippen molar-refractivity contribution in [2.24, 2.45) is 11.8 Å². The molecule has 154 valence electrons. The number of amides is 1. The average Bonchev–Trinajstić information content (AvgIpc) is 2.69. The third kappa shape index (κ3) is 6.08. The molecule has 28 heavy (non-hydrogen) atoms. The number of benzene rings is 1. The van der Waals surface area contributed by atoms with Gasteiger partial charge < -0.3 is 14.8 Å². The second-order valence-corrected chi connectivity index (χ2v) is 7.60. The molecular formula is C22H31NO5. The molecule has 0 saturated heterocycles. The van der Waals surface area contributed by atoms with E-state index >= 15 is 0 Å². The van der Waals surface area contributed by atoms with E-state index in [4.69, 9.17) is 9.47 Å². The van der Waals surface area contributed by atoms with Crippen molar-refractivity contribution in [3.8, 4) is 5.75 Å². The lowest BCUT2D eigenvalue weighted by molar-refractivity contribution is -0.157. The third-order valence-corrected chi connectivity index (χ3v) is 5.57. The third-order valence-electron chi connectivity index (χ3n) is 5.57. The normalized spacial score (nSPS) is 22.8. The molecule has 6 heteroatoms. The van der Waals surface area contributed by atoms with Gasteiger partial charge in [0.1, 0.15) is 5.75 Å². The van der Waals surface area contributed by atoms with Crippen LogP contribution < -0.4 is 10.1 Å². The second-order valence-electron chi connectivity index (χ2n) is 7.60. The summed E-state index contributed by atoms with van der Waals surface area (Å²) in [6.07, 6.45) is 2.80. The Labute approximate surface area is 167 Å². The number of hydrogen-bond acceptors (Lipinski definition) is 5. The fourth-order valence-electron chi connectivity index (χ4n) is 3.45. The molecule has 6 nitrogen and oxygen atoms in total. The Bertz CT molecular complexity index is 685. The Morgan fingerprint density at radius 3 is 2.46 bits per heavy atom. The molecule has 0 aromatic heterocycles. The lowest BCUT2D eigenvalue weighted by Crippen LogP contribution is -2.47. The molecule has 0 bridgehead atoms. The van der Waals surface area contributed by atoms with Crippen molar-refractivity contribution in [2.45, 2.75) is 65.5 Å². The van der Waals surface area contributed by atoms with Gasteiger partial charge in [-0.05, 0) is 49.4 Å². The van der Waals surface area contributed by atoms with Crippen molar-refractivity contribution in [1.29, 1.82) is 0 Å². The van der Waals surface area contributed by atoms with Gasteiger partial charge >= 0.3 is 5.97 Å². The molecule has 1 aliphatic rings. The zero-order chi connectivity index (χ0) is 20.7. The number of carbonyl (C=O) groups is 3. The van der Waals surface area contributed by atoms with Crippen LogP contribution in [0.2, 0.25) is 0 Å². The molecule has 1 saturated carbocycles. The van der Waals surface area contributed by atoms with E-state index < -0.39 is 12.1 Å². The minimum absolute atomic E-state index is 0.0486. The van der Waals surface area contributed by atoms with Crippen molar-refractivity contribution in [3.05, 3.63) is 29.8 Å². The molecule has 1 aromatic carbocycles. The first-order chi connectivity index (χ1) is 13.3. The van der Waals surface area contributed by atoms with Crippen molar-refractivity contribution in [1.82, 2.24) is 5.32 Å². The summed E-state index contributed by atoms with van der Waals surface area (Å²) in [5.41, 5.74) is 0.606. The molecule has 4 atom stereocenters. The van der Waals surface area contributed by atoms with Crippen LogP contribution in [0.25, 0.3) is 0 Å². The molecular weight excluding hydrogens is 358 g/mol. The maximum absolute atomic E-state index is 12.3. The minimum atomic E-state index is -0.870. The van der Waals surface area contributed by atoms with E-state index in [-0.39, 0.29) is 24.3 Å². The molecule has 1 fully saturated rings. The molecule has 0 unspecified atom stereocenters. The number of hydrogen-bond donors (Lipinski definition) is 1. The Morgan fingerprint density at radius 1 is 1.14 bits per heavy atom. The fraction of sp³-hybridized carbons (Fsp3) is 0.591. The standard InChI is InChI=1S/C22H31NO5/c1-5-20(24)17-9-11-18(12-10-17)27-13-21(25)28-16(4)22(26)23-19-8-6-7-14(2)15(19)3/h9-12,14-16,19H,5-8,13H2,1-4H3,(H,23,26)/t14-,15-,16+,19-/m0/s1. The molecule has 0 aliphatic heterocycles. The topological polar surface area (TPSA) is 81.7 Å². The van der Waals surface area contributed by atoms with Crippen molar-refractivity contribution in [2.75, 3.05) is 6.61 Å². The first-order valence-corrected chi connectivity index (χ1v) is 10.1. The van der Waals surface area contributed by atoms with Crippen LogP contribution in [-0.2, 0) is 14.3 Å². The van der Waals surface area contributed by atoms with Gasteiger partial charge in [0.15, 0.2) is 18.5 Å². The lowest BCUT2D eigenvalue weighted by Gasteiger charge is -2.35. The van der Waals surface area contributed by atoms with Gasteiger partial charge in [0.05, 0.1) is 0 Å². The van der Waals surface area contributed by atoms with E-state index in [0.717, 1.165) is 12.8 Å². The van der Waals surface area contributed by atoms with Gasteiger partial charge in [0.25, 0.3) is 5.91 Å². The smallest absolute Gasteiger partial charge is 0.344 e. The monoisotopic (exact) mass is 389 g/mol. The summed E-state index contributed by atoms with van der Waals surface area (Å²) in [7, 11) is 0. The Kier molecular flexibility index (Phi) is 8.03. The Balaban J connectivity index is 1.77. The number of ketones is 1. The number of esters is 1. The SMILES string of the molecule is CCC(=O)c1ccc(OCC(=O)O[C@H](C)C(=O)N[C@H]2CCC[C@H](C)[C@@H]2C)cc1. The Hall–Kier alpha value is -2.37. The summed E-state index contributed by atoms with van der Waals surface area (Å²) >= 11 is 0. The van der Waals surface area contributed by atoms with E-state index in [9.17, 15) is 14.4 Å². The zero-order valence-electron chi connectivity index (χ0n) is 17.2. The highest BCUT2D eigenvalue weighted by Crippen LogP contribution is 2.29. The van der Waals surface area contributed by atoms with E-state index in [1.54, 1.807) is 38.1 Å². The van der Waals surface area contributed by atoms with Crippen molar-refractivity contribution >= 4 is 17.7 Å². The van der Waals surface area contributed by atoms with Crippen molar-refractivity contribution in [3.63, 3.8) is 0 Å². The first-order valence-electron chi connectivity index (χ1n) is 10.1. The molecule has 0 radical (unpaired) electrons. The molecule has 1 amide bonds. The summed E-state index contributed by atoms with van der Waals surface area (Å²) in [6, 6.07) is 6.72. The number of rotatable bonds is 8. The predicted octanol–water partition coefficient (Wildman–Crippen LogP) is 3.53. The van der Waals surface area contributed by atoms with Crippen LogP contribution in [0, 0.1) is 11.8 Å². The summed E-state index contributed by atoms with van der Waals surface area (Å²) in [6.45, 7) is 7.42. The highest BCUT2D eigenvalue weighted by atomic mass is 16.6. The fourth-order valence-corrected chi connectivity index (χ4v) is 3.45. The van der Waals surface area contributed by atoms with E-state index in [1.807, 2.05) is 0 Å². The molecule has 0 spiro atoms. The summed E-state index contributed by atoms with van der Waals surface area (Å²) < 4.78 is 10.6. The summed E-state index contributed by atoms with van der Waals surface area (Å²) in [5, 5.41) is 3.01. The Morgan fingerprint density at radius 2 is 1.82 bits per heavy atom. The van der Waals surface area contributed by atoms with Gasteiger partial charge in [-0.1, -0.05) is 33.6 Å². The minimum Gasteiger partial charge on any atom is -0.482 e. The van der Waals surface area contributed by atoms with Crippen LogP contribution in [0.3, 0.4) is 0 Å². The van der Waals surface area contributed by atoms with Crippen LogP contribution in [-0.4, -0.2) is 36.4 Å². The average molecular weight is 389 g/mol. The van der Waals surface area contributed by atoms with E-state index in [2.05, 4.69) is 19.2 Å². The largest absolute Gasteiger partial charge is 0.482 e. The van der Waals surface area contributed by atoms with Crippen LogP contribution in [0.1, 0.15) is 63.7 Å². The number of nitrogens with one attached hydrogen (secondary N) is 1. The summed E-state index contributed by atoms with van der Waals surface area (Å²) in [5.74, 6) is 0.609.